The van der Waals surface area contributed by atoms with E-state index in [1.165, 1.54) is 45.3 Å². The molecule has 0 aliphatic carbocycles. The molecule has 0 unspecified atom stereocenters. The molecule has 0 aromatic carbocycles. The van der Waals surface area contributed by atoms with E-state index in [1.807, 2.05) is 7.05 Å². The zero-order chi connectivity index (χ0) is 11.6. The third-order valence-electron chi connectivity index (χ3n) is 3.38. The van der Waals surface area contributed by atoms with Crippen LogP contribution >= 0.6 is 0 Å². The summed E-state index contributed by atoms with van der Waals surface area (Å²) in [5, 5.41) is 3.10. The Morgan fingerprint density at radius 2 is 2.06 bits per heavy atom. The number of likely N-dealkylation sites (tertiary alicyclic amines) is 1. The van der Waals surface area contributed by atoms with Crippen LogP contribution < -0.4 is 5.32 Å². The van der Waals surface area contributed by atoms with Crippen LogP contribution in [0.5, 0.6) is 0 Å². The minimum atomic E-state index is 0. The third kappa shape index (κ3) is 7.74. The van der Waals surface area contributed by atoms with E-state index >= 15 is 0 Å². The highest BCUT2D eigenvalue weighted by Gasteiger charge is 2.18. The second-order valence-electron chi connectivity index (χ2n) is 4.82. The Kier molecular flexibility index (Phi) is 10.9. The molecule has 0 bridgehead atoms. The largest absolute Gasteiger partial charge is 0.380 e. The van der Waals surface area contributed by atoms with Gasteiger partial charge < -0.3 is 15.0 Å². The first-order valence-corrected chi connectivity index (χ1v) is 6.81. The van der Waals surface area contributed by atoms with E-state index in [0.29, 0.717) is 0 Å². The van der Waals surface area contributed by atoms with Gasteiger partial charge in [-0.1, -0.05) is 20.8 Å². The topological polar surface area (TPSA) is 24.5 Å². The van der Waals surface area contributed by atoms with E-state index in [-0.39, 0.29) is 8.85 Å². The minimum absolute atomic E-state index is 0. The number of ether oxygens (including phenoxy) is 1. The van der Waals surface area contributed by atoms with Crippen LogP contribution in [0.1, 0.15) is 41.5 Å². The molecule has 1 heterocycles. The second-order valence-corrected chi connectivity index (χ2v) is 4.82. The predicted molar refractivity (Wildman–Crippen MR) is 77.7 cm³/mol. The maximum absolute atomic E-state index is 5.65. The molecule has 1 saturated heterocycles. The third-order valence-corrected chi connectivity index (χ3v) is 3.38. The van der Waals surface area contributed by atoms with Gasteiger partial charge in [-0.05, 0) is 51.9 Å². The maximum Gasteiger partial charge on any atom is 0.0590 e. The van der Waals surface area contributed by atoms with Gasteiger partial charge in [0.05, 0.1) is 6.61 Å². The van der Waals surface area contributed by atoms with E-state index in [4.69, 9.17) is 4.74 Å². The Morgan fingerprint density at radius 3 is 2.65 bits per heavy atom. The molecule has 3 heteroatoms. The summed E-state index contributed by atoms with van der Waals surface area (Å²) in [6.07, 6.45) is 5.31. The molecule has 0 aromatic rings. The molecule has 0 amide bonds. The summed E-state index contributed by atoms with van der Waals surface area (Å²) in [6, 6.07) is 0. The molecule has 1 rings (SSSR count). The second kappa shape index (κ2) is 11.0. The van der Waals surface area contributed by atoms with Crippen LogP contribution in [0.15, 0.2) is 0 Å². The van der Waals surface area contributed by atoms with Crippen molar-refractivity contribution in [3.8, 4) is 0 Å². The Bertz CT molecular complexity index is 162. The lowest BCUT2D eigenvalue weighted by atomic mass is 9.97. The van der Waals surface area contributed by atoms with Crippen LogP contribution in [0.2, 0.25) is 0 Å². The Labute approximate surface area is 109 Å². The standard InChI is InChI=1S/C13H28N2O.CH4.H2/c1-3-4-8-15-9-5-13(6-10-15)12-16-11-7-14-2;;/h13-14H,3-12H2,1-2H3;1H4;1H. The van der Waals surface area contributed by atoms with Gasteiger partial charge in [0.2, 0.25) is 0 Å². The monoisotopic (exact) mass is 246 g/mol. The van der Waals surface area contributed by atoms with Crippen molar-refractivity contribution in [2.75, 3.05) is 46.4 Å². The average Bonchev–Trinajstić information content (AvgIpc) is 2.33. The molecule has 106 valence electrons. The van der Waals surface area contributed by atoms with Crippen LogP contribution in [0.25, 0.3) is 0 Å². The first kappa shape index (κ1) is 16.9. The van der Waals surface area contributed by atoms with Gasteiger partial charge in [0.1, 0.15) is 0 Å². The highest BCUT2D eigenvalue weighted by atomic mass is 16.5. The quantitative estimate of drug-likeness (QED) is 0.666. The van der Waals surface area contributed by atoms with E-state index in [1.54, 1.807) is 0 Å². The fourth-order valence-corrected chi connectivity index (χ4v) is 2.18. The van der Waals surface area contributed by atoms with Crippen molar-refractivity contribution in [1.82, 2.24) is 10.2 Å². The van der Waals surface area contributed by atoms with Crippen molar-refractivity contribution in [3.05, 3.63) is 0 Å². The average molecular weight is 246 g/mol. The Hall–Kier alpha value is -0.120. The Balaban J connectivity index is 0. The molecule has 0 saturated carbocycles. The minimum Gasteiger partial charge on any atom is -0.380 e. The highest BCUT2D eigenvalue weighted by molar-refractivity contribution is 4.71. The molecular formula is C14H34N2O. The van der Waals surface area contributed by atoms with Gasteiger partial charge in [-0.15, -0.1) is 0 Å². The number of nitrogens with one attached hydrogen (secondary N) is 1. The van der Waals surface area contributed by atoms with Crippen LogP contribution in [0, 0.1) is 5.92 Å². The fraction of sp³-hybridized carbons (Fsp3) is 1.00. The van der Waals surface area contributed by atoms with Crippen molar-refractivity contribution in [3.63, 3.8) is 0 Å². The van der Waals surface area contributed by atoms with Crippen molar-refractivity contribution >= 4 is 0 Å². The van der Waals surface area contributed by atoms with Crippen molar-refractivity contribution in [2.24, 2.45) is 5.92 Å². The number of hydrogen-bond donors (Lipinski definition) is 1. The molecule has 0 atom stereocenters. The number of piperidine rings is 1. The van der Waals surface area contributed by atoms with Crippen molar-refractivity contribution in [1.29, 1.82) is 0 Å². The number of hydrogen-bond acceptors (Lipinski definition) is 3. The van der Waals surface area contributed by atoms with Crippen LogP contribution in [-0.4, -0.2) is 51.3 Å². The summed E-state index contributed by atoms with van der Waals surface area (Å²) >= 11 is 0. The van der Waals surface area contributed by atoms with Crippen molar-refractivity contribution in [2.45, 2.75) is 40.0 Å². The summed E-state index contributed by atoms with van der Waals surface area (Å²) in [6.45, 7) is 8.90. The van der Waals surface area contributed by atoms with Crippen LogP contribution in [0.3, 0.4) is 0 Å². The normalized spacial score (nSPS) is 18.0. The van der Waals surface area contributed by atoms with E-state index in [2.05, 4.69) is 17.1 Å². The molecule has 0 spiro atoms. The zero-order valence-corrected chi connectivity index (χ0v) is 11.0. The molecule has 0 aromatic heterocycles. The molecular weight excluding hydrogens is 212 g/mol. The molecule has 17 heavy (non-hydrogen) atoms. The first-order chi connectivity index (χ1) is 7.86. The van der Waals surface area contributed by atoms with Crippen LogP contribution in [-0.2, 0) is 4.74 Å². The van der Waals surface area contributed by atoms with Gasteiger partial charge in [-0.2, -0.15) is 0 Å². The summed E-state index contributed by atoms with van der Waals surface area (Å²) in [7, 11) is 1.97. The maximum atomic E-state index is 5.65. The van der Waals surface area contributed by atoms with Gasteiger partial charge >= 0.3 is 0 Å². The van der Waals surface area contributed by atoms with Gasteiger partial charge in [0.25, 0.3) is 0 Å². The highest BCUT2D eigenvalue weighted by Crippen LogP contribution is 2.17. The first-order valence-electron chi connectivity index (χ1n) is 6.81. The number of unbranched alkanes of at least 4 members (excludes halogenated alkanes) is 1. The number of rotatable bonds is 8. The van der Waals surface area contributed by atoms with E-state index < -0.39 is 0 Å². The molecule has 1 fully saturated rings. The van der Waals surface area contributed by atoms with Gasteiger partial charge in [0, 0.05) is 14.6 Å². The van der Waals surface area contributed by atoms with Gasteiger partial charge in [0.15, 0.2) is 0 Å². The number of nitrogens with zero attached hydrogens (tertiary/aromatic N) is 1. The molecule has 3 nitrogen and oxygen atoms in total. The Morgan fingerprint density at radius 1 is 1.35 bits per heavy atom. The molecule has 1 aliphatic rings. The number of likely N-dealkylation sites (N-methyl/N-ethyl adjacent to an activating group) is 1. The van der Waals surface area contributed by atoms with Gasteiger partial charge in [-0.3, -0.25) is 0 Å². The summed E-state index contributed by atoms with van der Waals surface area (Å²) < 4.78 is 5.65. The molecule has 1 N–H and O–H groups in total. The SMILES string of the molecule is C.CCCCN1CCC(COCCNC)CC1.[HH]. The molecule has 0 radical (unpaired) electrons. The fourth-order valence-electron chi connectivity index (χ4n) is 2.18. The zero-order valence-electron chi connectivity index (χ0n) is 11.0. The smallest absolute Gasteiger partial charge is 0.0590 e. The summed E-state index contributed by atoms with van der Waals surface area (Å²) in [5.41, 5.74) is 0. The van der Waals surface area contributed by atoms with E-state index in [0.717, 1.165) is 25.7 Å². The predicted octanol–water partition coefficient (Wildman–Crippen LogP) is 2.62. The lowest BCUT2D eigenvalue weighted by Crippen LogP contribution is -2.35. The van der Waals surface area contributed by atoms with Crippen LogP contribution in [0.4, 0.5) is 0 Å². The van der Waals surface area contributed by atoms with Crippen molar-refractivity contribution < 1.29 is 6.16 Å². The molecule has 1 aliphatic heterocycles. The van der Waals surface area contributed by atoms with Gasteiger partial charge in [-0.25, -0.2) is 0 Å². The summed E-state index contributed by atoms with van der Waals surface area (Å²) in [5.74, 6) is 0.801. The lowest BCUT2D eigenvalue weighted by molar-refractivity contribution is 0.0687. The lowest BCUT2D eigenvalue weighted by Gasteiger charge is -2.31. The van der Waals surface area contributed by atoms with E-state index in [9.17, 15) is 0 Å². The summed E-state index contributed by atoms with van der Waals surface area (Å²) in [4.78, 5) is 2.60.